The maximum Gasteiger partial charge on any atom is 0.270 e. The molecule has 1 aromatic carbocycles. The third kappa shape index (κ3) is 4.66. The van der Waals surface area contributed by atoms with Gasteiger partial charge in [0.25, 0.3) is 5.91 Å². The Morgan fingerprint density at radius 3 is 2.79 bits per heavy atom. The van der Waals surface area contributed by atoms with Crippen LogP contribution in [0.4, 0.5) is 0 Å². The SMILES string of the molecule is CN(CCN1CCCC1=O)C(=O)c1cc2cc(Cc3nccc(-c4ccccn4)n3)ccc2[nH]1. The molecular weight excluding hydrogens is 428 g/mol. The summed E-state index contributed by atoms with van der Waals surface area (Å²) in [6.45, 7) is 1.86. The molecule has 0 bridgehead atoms. The monoisotopic (exact) mass is 454 g/mol. The van der Waals surface area contributed by atoms with Gasteiger partial charge in [-0.2, -0.15) is 0 Å². The largest absolute Gasteiger partial charge is 0.351 e. The Hall–Kier alpha value is -4.07. The number of hydrogen-bond acceptors (Lipinski definition) is 5. The Labute approximate surface area is 197 Å². The molecule has 1 saturated heterocycles. The third-order valence-electron chi connectivity index (χ3n) is 6.13. The van der Waals surface area contributed by atoms with Crippen molar-refractivity contribution >= 4 is 22.7 Å². The van der Waals surface area contributed by atoms with Crippen LogP contribution in [0.3, 0.4) is 0 Å². The number of H-pyrrole nitrogens is 1. The standard InChI is InChI=1S/C26H26N6O2/c1-31(13-14-32-12-4-6-25(32)33)26(34)23-17-19-15-18(7-8-20(19)29-23)16-24-28-11-9-22(30-24)21-5-2-3-10-27-21/h2-3,5,7-11,15,17,29H,4,6,12-14,16H2,1H3. The molecule has 8 heteroatoms. The smallest absolute Gasteiger partial charge is 0.270 e. The highest BCUT2D eigenvalue weighted by Crippen LogP contribution is 2.20. The first kappa shape index (κ1) is 21.8. The van der Waals surface area contributed by atoms with E-state index in [4.69, 9.17) is 0 Å². The Morgan fingerprint density at radius 1 is 1.09 bits per heavy atom. The van der Waals surface area contributed by atoms with Crippen LogP contribution in [-0.4, -0.2) is 68.2 Å². The van der Waals surface area contributed by atoms with E-state index in [1.807, 2.05) is 47.4 Å². The van der Waals surface area contributed by atoms with E-state index in [2.05, 4.69) is 26.0 Å². The number of amides is 2. The molecule has 8 nitrogen and oxygen atoms in total. The summed E-state index contributed by atoms with van der Waals surface area (Å²) >= 11 is 0. The molecule has 5 rings (SSSR count). The molecule has 0 saturated carbocycles. The number of fused-ring (bicyclic) bond motifs is 1. The number of likely N-dealkylation sites (N-methyl/N-ethyl adjacent to an activating group) is 1. The van der Waals surface area contributed by atoms with Crippen molar-refractivity contribution in [2.75, 3.05) is 26.7 Å². The molecule has 0 aliphatic carbocycles. The van der Waals surface area contributed by atoms with Gasteiger partial charge in [-0.3, -0.25) is 14.6 Å². The van der Waals surface area contributed by atoms with Crippen LogP contribution in [0.25, 0.3) is 22.3 Å². The van der Waals surface area contributed by atoms with E-state index in [-0.39, 0.29) is 11.8 Å². The molecular formula is C26H26N6O2. The number of benzene rings is 1. The van der Waals surface area contributed by atoms with Crippen LogP contribution in [0.15, 0.2) is 60.9 Å². The molecule has 4 heterocycles. The molecule has 34 heavy (non-hydrogen) atoms. The summed E-state index contributed by atoms with van der Waals surface area (Å²) in [6, 6.07) is 15.5. The summed E-state index contributed by atoms with van der Waals surface area (Å²) in [5, 5.41) is 0.963. The molecule has 4 aromatic rings. The number of rotatable bonds is 7. The van der Waals surface area contributed by atoms with Crippen molar-refractivity contribution in [3.05, 3.63) is 78.0 Å². The third-order valence-corrected chi connectivity index (χ3v) is 6.13. The van der Waals surface area contributed by atoms with E-state index in [1.54, 1.807) is 24.3 Å². The Kier molecular flexibility index (Phi) is 6.03. The fraction of sp³-hybridized carbons (Fsp3) is 0.269. The summed E-state index contributed by atoms with van der Waals surface area (Å²) in [5.41, 5.74) is 4.10. The van der Waals surface area contributed by atoms with Gasteiger partial charge in [0.1, 0.15) is 11.5 Å². The number of hydrogen-bond donors (Lipinski definition) is 1. The lowest BCUT2D eigenvalue weighted by Crippen LogP contribution is -2.37. The quantitative estimate of drug-likeness (QED) is 0.462. The van der Waals surface area contributed by atoms with E-state index in [0.29, 0.717) is 37.4 Å². The number of aromatic amines is 1. The summed E-state index contributed by atoms with van der Waals surface area (Å²) in [6.07, 6.45) is 5.59. The molecule has 1 aliphatic rings. The highest BCUT2D eigenvalue weighted by atomic mass is 16.2. The van der Waals surface area contributed by atoms with Gasteiger partial charge in [-0.25, -0.2) is 9.97 Å². The number of nitrogens with zero attached hydrogens (tertiary/aromatic N) is 5. The Morgan fingerprint density at radius 2 is 2.00 bits per heavy atom. The Balaban J connectivity index is 1.28. The van der Waals surface area contributed by atoms with Crippen LogP contribution in [0.1, 0.15) is 34.7 Å². The second kappa shape index (κ2) is 9.43. The molecule has 1 fully saturated rings. The maximum absolute atomic E-state index is 12.9. The average molecular weight is 455 g/mol. The maximum atomic E-state index is 12.9. The lowest BCUT2D eigenvalue weighted by Gasteiger charge is -2.21. The summed E-state index contributed by atoms with van der Waals surface area (Å²) in [7, 11) is 1.77. The fourth-order valence-electron chi connectivity index (χ4n) is 4.25. The van der Waals surface area contributed by atoms with Gasteiger partial charge in [0, 0.05) is 62.8 Å². The summed E-state index contributed by atoms with van der Waals surface area (Å²) < 4.78 is 0. The van der Waals surface area contributed by atoms with Gasteiger partial charge in [0.2, 0.25) is 5.91 Å². The van der Waals surface area contributed by atoms with Gasteiger partial charge in [-0.15, -0.1) is 0 Å². The highest BCUT2D eigenvalue weighted by molar-refractivity contribution is 5.98. The number of likely N-dealkylation sites (tertiary alicyclic amines) is 1. The van der Waals surface area contributed by atoms with E-state index in [9.17, 15) is 9.59 Å². The number of carbonyl (C=O) groups is 2. The number of nitrogens with one attached hydrogen (secondary N) is 1. The van der Waals surface area contributed by atoms with Crippen LogP contribution in [0.2, 0.25) is 0 Å². The van der Waals surface area contributed by atoms with Crippen molar-refractivity contribution in [1.82, 2.24) is 29.7 Å². The fourth-order valence-corrected chi connectivity index (χ4v) is 4.25. The molecule has 0 atom stereocenters. The zero-order valence-corrected chi connectivity index (χ0v) is 19.1. The van der Waals surface area contributed by atoms with Gasteiger partial charge in [0.15, 0.2) is 0 Å². The van der Waals surface area contributed by atoms with E-state index in [0.717, 1.165) is 40.8 Å². The molecule has 1 N–H and O–H groups in total. The molecule has 0 unspecified atom stereocenters. The number of aromatic nitrogens is 4. The van der Waals surface area contributed by atoms with Gasteiger partial charge >= 0.3 is 0 Å². The van der Waals surface area contributed by atoms with Crippen LogP contribution in [0, 0.1) is 0 Å². The van der Waals surface area contributed by atoms with Crippen LogP contribution in [-0.2, 0) is 11.2 Å². The van der Waals surface area contributed by atoms with Crippen molar-refractivity contribution < 1.29 is 9.59 Å². The van der Waals surface area contributed by atoms with Crippen molar-refractivity contribution in [3.8, 4) is 11.4 Å². The van der Waals surface area contributed by atoms with Crippen LogP contribution >= 0.6 is 0 Å². The molecule has 3 aromatic heterocycles. The minimum atomic E-state index is -0.0872. The second-order valence-electron chi connectivity index (χ2n) is 8.57. The number of carbonyl (C=O) groups excluding carboxylic acids is 2. The van der Waals surface area contributed by atoms with Crippen LogP contribution in [0.5, 0.6) is 0 Å². The second-order valence-corrected chi connectivity index (χ2v) is 8.57. The van der Waals surface area contributed by atoms with Crippen molar-refractivity contribution in [2.45, 2.75) is 19.3 Å². The van der Waals surface area contributed by atoms with E-state index >= 15 is 0 Å². The van der Waals surface area contributed by atoms with Crippen molar-refractivity contribution in [1.29, 1.82) is 0 Å². The van der Waals surface area contributed by atoms with E-state index < -0.39 is 0 Å². The van der Waals surface area contributed by atoms with Gasteiger partial charge < -0.3 is 14.8 Å². The first-order valence-electron chi connectivity index (χ1n) is 11.4. The van der Waals surface area contributed by atoms with Gasteiger partial charge in [-0.1, -0.05) is 12.1 Å². The first-order valence-corrected chi connectivity index (χ1v) is 11.4. The normalized spacial score (nSPS) is 13.6. The molecule has 2 amide bonds. The van der Waals surface area contributed by atoms with Crippen molar-refractivity contribution in [3.63, 3.8) is 0 Å². The number of pyridine rings is 1. The average Bonchev–Trinajstić information content (AvgIpc) is 3.48. The minimum Gasteiger partial charge on any atom is -0.351 e. The molecule has 172 valence electrons. The summed E-state index contributed by atoms with van der Waals surface area (Å²) in [4.78, 5) is 44.9. The van der Waals surface area contributed by atoms with Crippen LogP contribution < -0.4 is 0 Å². The lowest BCUT2D eigenvalue weighted by molar-refractivity contribution is -0.127. The topological polar surface area (TPSA) is 95.1 Å². The summed E-state index contributed by atoms with van der Waals surface area (Å²) in [5.74, 6) is 0.801. The molecule has 0 radical (unpaired) electrons. The van der Waals surface area contributed by atoms with Crippen molar-refractivity contribution in [2.24, 2.45) is 0 Å². The highest BCUT2D eigenvalue weighted by Gasteiger charge is 2.21. The molecule has 1 aliphatic heterocycles. The van der Waals surface area contributed by atoms with Gasteiger partial charge in [0.05, 0.1) is 11.4 Å². The molecule has 0 spiro atoms. The Bertz CT molecular complexity index is 1330. The first-order chi connectivity index (χ1) is 16.6. The predicted molar refractivity (Wildman–Crippen MR) is 129 cm³/mol. The van der Waals surface area contributed by atoms with E-state index in [1.165, 1.54) is 0 Å². The zero-order valence-electron chi connectivity index (χ0n) is 19.1. The minimum absolute atomic E-state index is 0.0872. The zero-order chi connectivity index (χ0) is 23.5. The van der Waals surface area contributed by atoms with Gasteiger partial charge in [-0.05, 0) is 48.4 Å². The lowest BCUT2D eigenvalue weighted by atomic mass is 10.1. The predicted octanol–water partition coefficient (Wildman–Crippen LogP) is 3.31.